The highest BCUT2D eigenvalue weighted by atomic mass is 16.7. The number of rotatable bonds is 7. The van der Waals surface area contributed by atoms with E-state index >= 15 is 0 Å². The van der Waals surface area contributed by atoms with Gasteiger partial charge in [0.2, 0.25) is 24.2 Å². The Morgan fingerprint density at radius 3 is 2.70 bits per heavy atom. The second-order valence-electron chi connectivity index (χ2n) is 5.44. The quantitative estimate of drug-likeness (QED) is 0.781. The maximum absolute atomic E-state index is 11.6. The van der Waals surface area contributed by atoms with Crippen molar-refractivity contribution in [2.45, 2.75) is 32.7 Å². The topological polar surface area (TPSA) is 66.0 Å². The van der Waals surface area contributed by atoms with Gasteiger partial charge in [-0.25, -0.2) is 0 Å². The molecule has 6 heteroatoms. The minimum absolute atomic E-state index is 0.0877. The van der Waals surface area contributed by atoms with E-state index in [0.717, 1.165) is 5.56 Å². The molecule has 0 radical (unpaired) electrons. The van der Waals surface area contributed by atoms with Crippen molar-refractivity contribution >= 4 is 5.91 Å². The van der Waals surface area contributed by atoms with Crippen LogP contribution in [0.1, 0.15) is 25.8 Å². The van der Waals surface area contributed by atoms with Crippen LogP contribution in [-0.4, -0.2) is 33.0 Å². The third-order valence-corrected chi connectivity index (χ3v) is 3.34. The van der Waals surface area contributed by atoms with Gasteiger partial charge in [-0.2, -0.15) is 0 Å². The summed E-state index contributed by atoms with van der Waals surface area (Å²) < 4.78 is 21.7. The molecule has 0 fully saturated rings. The first-order valence-electron chi connectivity index (χ1n) is 7.57. The minimum atomic E-state index is -0.0877. The average Bonchev–Trinajstić information content (AvgIpc) is 2.97. The molecule has 1 amide bonds. The van der Waals surface area contributed by atoms with E-state index in [1.165, 1.54) is 0 Å². The number of ether oxygens (including phenoxy) is 4. The average molecular weight is 321 g/mol. The van der Waals surface area contributed by atoms with Crippen molar-refractivity contribution in [3.8, 4) is 23.0 Å². The maximum atomic E-state index is 11.6. The summed E-state index contributed by atoms with van der Waals surface area (Å²) >= 11 is 0. The molecule has 0 unspecified atom stereocenters. The molecule has 1 heterocycles. The fourth-order valence-electron chi connectivity index (χ4n) is 2.40. The zero-order valence-corrected chi connectivity index (χ0v) is 14.0. The van der Waals surface area contributed by atoms with E-state index in [0.29, 0.717) is 35.8 Å². The summed E-state index contributed by atoms with van der Waals surface area (Å²) in [6, 6.07) is 2.02. The number of nitrogens with one attached hydrogen (secondary N) is 1. The Labute approximate surface area is 136 Å². The largest absolute Gasteiger partial charge is 0.492 e. The third kappa shape index (κ3) is 4.09. The standard InChI is InChI=1S/C17H23NO5/c1-11(2)18-14(19)8-6-5-7-12-9-13-16(23-10-22-13)17(21-4)15(12)20-3/h6,8-9,11H,5,7,10H2,1-4H3,(H,18,19)/b8-6+. The van der Waals surface area contributed by atoms with Gasteiger partial charge in [-0.05, 0) is 38.8 Å². The molecular formula is C17H23NO5. The minimum Gasteiger partial charge on any atom is -0.492 e. The molecule has 23 heavy (non-hydrogen) atoms. The Kier molecular flexibility index (Phi) is 5.73. The summed E-state index contributed by atoms with van der Waals surface area (Å²) in [7, 11) is 3.16. The Morgan fingerprint density at radius 1 is 1.30 bits per heavy atom. The molecule has 1 aromatic carbocycles. The number of amides is 1. The van der Waals surface area contributed by atoms with Crippen LogP contribution in [0.15, 0.2) is 18.2 Å². The molecule has 0 spiro atoms. The molecule has 126 valence electrons. The Balaban J connectivity index is 2.08. The van der Waals surface area contributed by atoms with Gasteiger partial charge in [0.15, 0.2) is 11.5 Å². The van der Waals surface area contributed by atoms with Crippen molar-refractivity contribution < 1.29 is 23.7 Å². The molecule has 1 aliphatic rings. The predicted molar refractivity (Wildman–Crippen MR) is 86.4 cm³/mol. The van der Waals surface area contributed by atoms with Crippen LogP contribution in [0.25, 0.3) is 0 Å². The fourth-order valence-corrected chi connectivity index (χ4v) is 2.40. The highest BCUT2D eigenvalue weighted by Crippen LogP contribution is 2.49. The van der Waals surface area contributed by atoms with Gasteiger partial charge < -0.3 is 24.3 Å². The molecule has 0 saturated carbocycles. The zero-order valence-electron chi connectivity index (χ0n) is 14.0. The van der Waals surface area contributed by atoms with E-state index in [1.54, 1.807) is 20.3 Å². The Hall–Kier alpha value is -2.37. The first-order valence-corrected chi connectivity index (χ1v) is 7.57. The van der Waals surface area contributed by atoms with Crippen LogP contribution in [0.3, 0.4) is 0 Å². The van der Waals surface area contributed by atoms with E-state index in [-0.39, 0.29) is 18.7 Å². The van der Waals surface area contributed by atoms with Crippen molar-refractivity contribution in [1.82, 2.24) is 5.32 Å². The number of allylic oxidation sites excluding steroid dienone is 1. The van der Waals surface area contributed by atoms with E-state index in [9.17, 15) is 4.79 Å². The number of methoxy groups -OCH3 is 2. The van der Waals surface area contributed by atoms with Gasteiger partial charge in [0, 0.05) is 11.6 Å². The van der Waals surface area contributed by atoms with Gasteiger partial charge in [-0.3, -0.25) is 4.79 Å². The van der Waals surface area contributed by atoms with Gasteiger partial charge >= 0.3 is 0 Å². The van der Waals surface area contributed by atoms with Crippen LogP contribution in [0.4, 0.5) is 0 Å². The smallest absolute Gasteiger partial charge is 0.243 e. The highest BCUT2D eigenvalue weighted by Gasteiger charge is 2.25. The van der Waals surface area contributed by atoms with Gasteiger partial charge in [-0.15, -0.1) is 0 Å². The summed E-state index contributed by atoms with van der Waals surface area (Å²) in [6.07, 6.45) is 4.79. The number of carbonyl (C=O) groups excluding carboxylic acids is 1. The lowest BCUT2D eigenvalue weighted by Gasteiger charge is -2.14. The molecule has 1 N–H and O–H groups in total. The molecule has 0 aliphatic carbocycles. The summed E-state index contributed by atoms with van der Waals surface area (Å²) in [5.74, 6) is 2.31. The number of hydrogen-bond donors (Lipinski definition) is 1. The van der Waals surface area contributed by atoms with E-state index < -0.39 is 0 Å². The first kappa shape index (κ1) is 17.0. The van der Waals surface area contributed by atoms with Crippen LogP contribution < -0.4 is 24.3 Å². The van der Waals surface area contributed by atoms with Gasteiger partial charge in [0.25, 0.3) is 0 Å². The second kappa shape index (κ2) is 7.76. The van der Waals surface area contributed by atoms with Gasteiger partial charge in [0.1, 0.15) is 0 Å². The molecule has 1 aliphatic heterocycles. The molecule has 0 aromatic heterocycles. The lowest BCUT2D eigenvalue weighted by atomic mass is 10.1. The third-order valence-electron chi connectivity index (χ3n) is 3.34. The monoisotopic (exact) mass is 321 g/mol. The van der Waals surface area contributed by atoms with E-state index in [1.807, 2.05) is 26.0 Å². The van der Waals surface area contributed by atoms with Crippen molar-refractivity contribution in [1.29, 1.82) is 0 Å². The normalized spacial score (nSPS) is 12.7. The number of hydrogen-bond acceptors (Lipinski definition) is 5. The van der Waals surface area contributed by atoms with Crippen molar-refractivity contribution in [3.05, 3.63) is 23.8 Å². The molecule has 1 aromatic rings. The second-order valence-corrected chi connectivity index (χ2v) is 5.44. The van der Waals surface area contributed by atoms with Crippen molar-refractivity contribution in [2.24, 2.45) is 0 Å². The van der Waals surface area contributed by atoms with Crippen LogP contribution in [0.2, 0.25) is 0 Å². The van der Waals surface area contributed by atoms with E-state index in [4.69, 9.17) is 18.9 Å². The number of fused-ring (bicyclic) bond motifs is 1. The molecular weight excluding hydrogens is 298 g/mol. The summed E-state index contributed by atoms with van der Waals surface area (Å²) in [4.78, 5) is 11.6. The Bertz CT molecular complexity index is 595. The Morgan fingerprint density at radius 2 is 2.04 bits per heavy atom. The van der Waals surface area contributed by atoms with E-state index in [2.05, 4.69) is 5.32 Å². The fraction of sp³-hybridized carbons (Fsp3) is 0.471. The SMILES string of the molecule is COc1c(CC/C=C/C(=O)NC(C)C)cc2c(c1OC)OCO2. The first-order chi connectivity index (χ1) is 11.1. The lowest BCUT2D eigenvalue weighted by molar-refractivity contribution is -0.116. The van der Waals surface area contributed by atoms with Crippen LogP contribution in [0.5, 0.6) is 23.0 Å². The molecule has 0 atom stereocenters. The van der Waals surface area contributed by atoms with Crippen LogP contribution >= 0.6 is 0 Å². The summed E-state index contributed by atoms with van der Waals surface area (Å²) in [6.45, 7) is 4.03. The van der Waals surface area contributed by atoms with Gasteiger partial charge in [0.05, 0.1) is 14.2 Å². The zero-order chi connectivity index (χ0) is 16.8. The van der Waals surface area contributed by atoms with Crippen molar-refractivity contribution in [2.75, 3.05) is 21.0 Å². The highest BCUT2D eigenvalue weighted by molar-refractivity contribution is 5.87. The predicted octanol–water partition coefficient (Wildman–Crippen LogP) is 2.45. The van der Waals surface area contributed by atoms with Crippen LogP contribution in [0, 0.1) is 0 Å². The van der Waals surface area contributed by atoms with Gasteiger partial charge in [-0.1, -0.05) is 6.08 Å². The number of benzene rings is 1. The summed E-state index contributed by atoms with van der Waals surface area (Å²) in [5.41, 5.74) is 0.947. The number of aryl methyl sites for hydroxylation is 1. The van der Waals surface area contributed by atoms with Crippen molar-refractivity contribution in [3.63, 3.8) is 0 Å². The number of carbonyl (C=O) groups is 1. The molecule has 2 rings (SSSR count). The molecule has 6 nitrogen and oxygen atoms in total. The molecule has 0 saturated heterocycles. The summed E-state index contributed by atoms with van der Waals surface area (Å²) in [5, 5.41) is 2.81. The lowest BCUT2D eigenvalue weighted by Crippen LogP contribution is -2.28. The maximum Gasteiger partial charge on any atom is 0.243 e. The van der Waals surface area contributed by atoms with Crippen LogP contribution in [-0.2, 0) is 11.2 Å². The molecule has 0 bridgehead atoms.